The van der Waals surface area contributed by atoms with Crippen LogP contribution in [0.4, 0.5) is 8.78 Å². The second kappa shape index (κ2) is 11.8. The molecule has 5 N–H and O–H groups in total. The third-order valence-corrected chi connectivity index (χ3v) is 10.0. The van der Waals surface area contributed by atoms with Gasteiger partial charge in [0.15, 0.2) is 12.4 Å². The standard InChI is InChI=1S/C33H32F2N6O8/c34-32(35)49-23-4-1-3-17-25(23)20-10-21(40(28(17)44)14-47-30-26(43)22(42)11-24(48-30)29(45)46)27-39-18-6-5-15(9-19(18)41(20)27)16-12-37-31(38-13-16)33(36)7-2-8-33/h1,3-6,9,12-13,20-22,24,26,30,32,42-43H,2,7-8,10-11,14,36H2,(H,45,46)/t20-,21-,22+,24+,26?,30-/m1/s1. The van der Waals surface area contributed by atoms with E-state index in [1.807, 2.05) is 22.8 Å². The Balaban J connectivity index is 1.20. The third kappa shape index (κ3) is 5.21. The number of benzene rings is 2. The monoisotopic (exact) mass is 678 g/mol. The highest BCUT2D eigenvalue weighted by molar-refractivity contribution is 5.98. The molecular formula is C33H32F2N6O8. The Bertz CT molecular complexity index is 1950. The predicted octanol–water partition coefficient (Wildman–Crippen LogP) is 2.82. The number of hydrogen-bond acceptors (Lipinski definition) is 11. The van der Waals surface area contributed by atoms with Gasteiger partial charge in [-0.3, -0.25) is 4.79 Å². The molecule has 3 aliphatic heterocycles. The number of imidazole rings is 1. The van der Waals surface area contributed by atoms with Crippen LogP contribution in [0.2, 0.25) is 0 Å². The molecule has 2 fully saturated rings. The van der Waals surface area contributed by atoms with Gasteiger partial charge in [-0.05, 0) is 49.1 Å². The van der Waals surface area contributed by atoms with E-state index in [0.29, 0.717) is 22.7 Å². The Labute approximate surface area is 277 Å². The van der Waals surface area contributed by atoms with Crippen molar-refractivity contribution in [3.05, 3.63) is 71.6 Å². The Morgan fingerprint density at radius 3 is 2.57 bits per heavy atom. The fraction of sp³-hybridized carbons (Fsp3) is 0.424. The van der Waals surface area contributed by atoms with Gasteiger partial charge in [-0.2, -0.15) is 8.78 Å². The maximum Gasteiger partial charge on any atom is 0.387 e. The van der Waals surface area contributed by atoms with Crippen molar-refractivity contribution >= 4 is 22.9 Å². The van der Waals surface area contributed by atoms with Crippen LogP contribution in [0.5, 0.6) is 5.75 Å². The molecule has 2 aromatic heterocycles. The second-order valence-corrected chi connectivity index (χ2v) is 12.9. The molecule has 0 radical (unpaired) electrons. The molecule has 16 heteroatoms. The summed E-state index contributed by atoms with van der Waals surface area (Å²) in [7, 11) is 0. The molecule has 2 aromatic carbocycles. The average molecular weight is 679 g/mol. The van der Waals surface area contributed by atoms with E-state index < -0.39 is 67.4 Å². The van der Waals surface area contributed by atoms with Gasteiger partial charge in [-0.15, -0.1) is 0 Å². The van der Waals surface area contributed by atoms with Crippen LogP contribution >= 0.6 is 0 Å². The number of alkyl halides is 2. The number of carbonyl (C=O) groups excluding carboxylic acids is 1. The van der Waals surface area contributed by atoms with Crippen LogP contribution in [0.3, 0.4) is 0 Å². The van der Waals surface area contributed by atoms with E-state index in [2.05, 4.69) is 9.97 Å². The summed E-state index contributed by atoms with van der Waals surface area (Å²) in [6.45, 7) is -3.65. The quantitative estimate of drug-likeness (QED) is 0.213. The predicted molar refractivity (Wildman–Crippen MR) is 164 cm³/mol. The van der Waals surface area contributed by atoms with Crippen LogP contribution < -0.4 is 10.5 Å². The van der Waals surface area contributed by atoms with Crippen molar-refractivity contribution in [3.8, 4) is 16.9 Å². The summed E-state index contributed by atoms with van der Waals surface area (Å²) in [5.41, 5.74) is 9.03. The van der Waals surface area contributed by atoms with Crippen LogP contribution in [-0.2, 0) is 19.8 Å². The maximum absolute atomic E-state index is 14.1. The van der Waals surface area contributed by atoms with Crippen molar-refractivity contribution < 1.29 is 47.9 Å². The number of nitrogens with two attached hydrogens (primary N) is 1. The molecular weight excluding hydrogens is 646 g/mol. The summed E-state index contributed by atoms with van der Waals surface area (Å²) < 4.78 is 45.4. The molecule has 6 atom stereocenters. The summed E-state index contributed by atoms with van der Waals surface area (Å²) in [6, 6.07) is 8.54. The molecule has 1 aliphatic carbocycles. The third-order valence-electron chi connectivity index (χ3n) is 10.0. The fourth-order valence-electron chi connectivity index (χ4n) is 7.31. The van der Waals surface area contributed by atoms with Gasteiger partial charge in [-0.1, -0.05) is 12.1 Å². The number of aliphatic hydroxyl groups excluding tert-OH is 2. The number of amides is 1. The Morgan fingerprint density at radius 1 is 1.10 bits per heavy atom. The molecule has 1 unspecified atom stereocenters. The highest BCUT2D eigenvalue weighted by Crippen LogP contribution is 2.51. The molecule has 1 saturated heterocycles. The van der Waals surface area contributed by atoms with Gasteiger partial charge in [0, 0.05) is 41.9 Å². The van der Waals surface area contributed by atoms with E-state index in [-0.39, 0.29) is 29.7 Å². The van der Waals surface area contributed by atoms with Gasteiger partial charge >= 0.3 is 12.6 Å². The minimum atomic E-state index is -3.15. The van der Waals surface area contributed by atoms with Crippen molar-refractivity contribution in [2.75, 3.05) is 6.73 Å². The number of halogens is 2. The first-order chi connectivity index (χ1) is 23.5. The van der Waals surface area contributed by atoms with E-state index in [1.165, 1.54) is 23.1 Å². The zero-order valence-electron chi connectivity index (χ0n) is 25.9. The van der Waals surface area contributed by atoms with E-state index in [9.17, 15) is 33.7 Å². The van der Waals surface area contributed by atoms with Crippen molar-refractivity contribution in [1.82, 2.24) is 24.4 Å². The minimum Gasteiger partial charge on any atom is -0.479 e. The Morgan fingerprint density at radius 2 is 1.88 bits per heavy atom. The SMILES string of the molecule is NC1(c2ncc(-c3ccc4nc5n(c4c3)[C@@H]3C[C@H]5N(CO[C@@H]4O[C@H](C(=O)O)C[C@H](O)C4O)C(=O)c4cccc(OC(F)F)c43)cn2)CCC1. The molecule has 14 nitrogen and oxygen atoms in total. The number of aliphatic hydroxyl groups is 2. The Kier molecular flexibility index (Phi) is 7.60. The van der Waals surface area contributed by atoms with Crippen LogP contribution in [0.1, 0.15) is 71.8 Å². The van der Waals surface area contributed by atoms with Gasteiger partial charge in [-0.25, -0.2) is 19.7 Å². The zero-order valence-corrected chi connectivity index (χ0v) is 25.9. The first kappa shape index (κ1) is 31.6. The lowest BCUT2D eigenvalue weighted by atomic mass is 9.77. The number of nitrogens with zero attached hydrogens (tertiary/aromatic N) is 5. The Hall–Kier alpha value is -4.61. The summed E-state index contributed by atoms with van der Waals surface area (Å²) in [6.07, 6.45) is -0.0536. The topological polar surface area (TPSA) is 195 Å². The summed E-state index contributed by atoms with van der Waals surface area (Å²) >= 11 is 0. The normalized spacial score (nSPS) is 27.1. The first-order valence-electron chi connectivity index (χ1n) is 15.9. The van der Waals surface area contributed by atoms with Crippen LogP contribution in [0.15, 0.2) is 48.8 Å². The summed E-state index contributed by atoms with van der Waals surface area (Å²) in [5, 5.41) is 30.2. The highest BCUT2D eigenvalue weighted by Gasteiger charge is 2.48. The highest BCUT2D eigenvalue weighted by atomic mass is 19.3. The molecule has 2 bridgehead atoms. The van der Waals surface area contributed by atoms with Gasteiger partial charge in [0.25, 0.3) is 5.91 Å². The van der Waals surface area contributed by atoms with Crippen LogP contribution in [0, 0.1) is 0 Å². The molecule has 1 amide bonds. The number of aliphatic carboxylic acids is 1. The molecule has 0 spiro atoms. The molecule has 4 aliphatic rings. The number of fused-ring (bicyclic) bond motifs is 9. The molecule has 256 valence electrons. The number of carboxylic acid groups (broad SMARTS) is 1. The van der Waals surface area contributed by atoms with Crippen LogP contribution in [-0.4, -0.2) is 89.6 Å². The smallest absolute Gasteiger partial charge is 0.387 e. The van der Waals surface area contributed by atoms with E-state index >= 15 is 0 Å². The van der Waals surface area contributed by atoms with Crippen molar-refractivity contribution in [2.24, 2.45) is 5.73 Å². The first-order valence-corrected chi connectivity index (χ1v) is 15.9. The number of carbonyl (C=O) groups is 2. The van der Waals surface area contributed by atoms with E-state index in [1.54, 1.807) is 12.4 Å². The molecule has 5 heterocycles. The van der Waals surface area contributed by atoms with Gasteiger partial charge in [0.05, 0.1) is 34.8 Å². The lowest BCUT2D eigenvalue weighted by Gasteiger charge is -2.37. The van der Waals surface area contributed by atoms with Gasteiger partial charge in [0.2, 0.25) is 0 Å². The number of aromatic nitrogens is 4. The number of ether oxygens (including phenoxy) is 3. The maximum atomic E-state index is 14.1. The molecule has 4 aromatic rings. The van der Waals surface area contributed by atoms with E-state index in [0.717, 1.165) is 30.4 Å². The van der Waals surface area contributed by atoms with Gasteiger partial charge < -0.3 is 44.7 Å². The largest absolute Gasteiger partial charge is 0.479 e. The van der Waals surface area contributed by atoms with E-state index in [4.69, 9.17) is 24.9 Å². The zero-order chi connectivity index (χ0) is 34.2. The second-order valence-electron chi connectivity index (χ2n) is 12.9. The number of rotatable bonds is 8. The molecule has 1 saturated carbocycles. The van der Waals surface area contributed by atoms with Crippen molar-refractivity contribution in [1.29, 1.82) is 0 Å². The molecule has 8 rings (SSSR count). The lowest BCUT2D eigenvalue weighted by molar-refractivity contribution is -0.274. The van der Waals surface area contributed by atoms with Crippen LogP contribution in [0.25, 0.3) is 22.2 Å². The lowest BCUT2D eigenvalue weighted by Crippen LogP contribution is -2.52. The molecule has 49 heavy (non-hydrogen) atoms. The van der Waals surface area contributed by atoms with Crippen molar-refractivity contribution in [3.63, 3.8) is 0 Å². The summed E-state index contributed by atoms with van der Waals surface area (Å²) in [5.74, 6) is -1.03. The minimum absolute atomic E-state index is 0.0992. The average Bonchev–Trinajstić information content (AvgIpc) is 3.58. The number of carboxylic acids is 1. The number of hydrogen-bond donors (Lipinski definition) is 4. The van der Waals surface area contributed by atoms with Crippen molar-refractivity contribution in [2.45, 2.75) is 80.9 Å². The van der Waals surface area contributed by atoms with Gasteiger partial charge in [0.1, 0.15) is 30.2 Å². The fourth-order valence-corrected chi connectivity index (χ4v) is 7.31. The summed E-state index contributed by atoms with van der Waals surface area (Å²) in [4.78, 5) is 41.0.